The van der Waals surface area contributed by atoms with Gasteiger partial charge in [0, 0.05) is 18.8 Å². The highest BCUT2D eigenvalue weighted by molar-refractivity contribution is 8.22. The fraction of sp³-hybridized carbons (Fsp3) is 0.412. The molecule has 1 aromatic heterocycles. The maximum Gasteiger partial charge on any atom is 0.344 e. The molecule has 6 heteroatoms. The van der Waals surface area contributed by atoms with Crippen LogP contribution < -0.4 is 5.63 Å². The van der Waals surface area contributed by atoms with Gasteiger partial charge < -0.3 is 14.4 Å². The van der Waals surface area contributed by atoms with Gasteiger partial charge in [0.25, 0.3) is 0 Å². The quantitative estimate of drug-likeness (QED) is 0.656. The van der Waals surface area contributed by atoms with E-state index in [2.05, 4.69) is 4.90 Å². The summed E-state index contributed by atoms with van der Waals surface area (Å²) in [7, 11) is 0. The Morgan fingerprint density at radius 1 is 1.22 bits per heavy atom. The van der Waals surface area contributed by atoms with Crippen LogP contribution in [0.15, 0.2) is 33.5 Å². The summed E-state index contributed by atoms with van der Waals surface area (Å²) in [4.78, 5) is 14.3. The van der Waals surface area contributed by atoms with Gasteiger partial charge in [0.05, 0.1) is 10.9 Å². The number of thioether (sulfide) groups is 1. The van der Waals surface area contributed by atoms with Crippen LogP contribution in [0, 0.1) is 0 Å². The summed E-state index contributed by atoms with van der Waals surface area (Å²) in [6, 6.07) is 7.00. The normalized spacial score (nSPS) is 15.6. The first-order chi connectivity index (χ1) is 11.2. The molecule has 0 aliphatic carbocycles. The summed E-state index contributed by atoms with van der Waals surface area (Å²) in [6.07, 6.45) is 4.81. The highest BCUT2D eigenvalue weighted by atomic mass is 32.2. The van der Waals surface area contributed by atoms with E-state index in [4.69, 9.17) is 16.6 Å². The van der Waals surface area contributed by atoms with Gasteiger partial charge >= 0.3 is 5.63 Å². The fourth-order valence-corrected chi connectivity index (χ4v) is 4.02. The number of likely N-dealkylation sites (tertiary alicyclic amines) is 1. The van der Waals surface area contributed by atoms with Gasteiger partial charge in [-0.2, -0.15) is 0 Å². The first kappa shape index (κ1) is 16.3. The molecule has 1 fully saturated rings. The molecular weight excluding hydrogens is 330 g/mol. The van der Waals surface area contributed by atoms with Crippen molar-refractivity contribution in [3.05, 3.63) is 40.2 Å². The van der Waals surface area contributed by atoms with E-state index in [9.17, 15) is 9.90 Å². The molecule has 2 heterocycles. The zero-order valence-corrected chi connectivity index (χ0v) is 14.4. The summed E-state index contributed by atoms with van der Waals surface area (Å²) in [6.45, 7) is 1.95. The highest BCUT2D eigenvalue weighted by Crippen LogP contribution is 2.29. The van der Waals surface area contributed by atoms with E-state index in [-0.39, 0.29) is 11.3 Å². The van der Waals surface area contributed by atoms with Crippen molar-refractivity contribution < 1.29 is 9.52 Å². The number of hydrogen-bond acceptors (Lipinski definition) is 5. The first-order valence-corrected chi connectivity index (χ1v) is 9.21. The lowest BCUT2D eigenvalue weighted by atomic mass is 10.2. The van der Waals surface area contributed by atoms with Gasteiger partial charge in [-0.05, 0) is 25.0 Å². The van der Waals surface area contributed by atoms with Crippen LogP contribution in [-0.4, -0.2) is 27.4 Å². The molecule has 1 saturated heterocycles. The molecule has 0 bridgehead atoms. The average molecular weight is 349 g/mol. The summed E-state index contributed by atoms with van der Waals surface area (Å²) in [5.74, 6) is 0.331. The second-order valence-corrected chi connectivity index (χ2v) is 7.28. The molecule has 23 heavy (non-hydrogen) atoms. The van der Waals surface area contributed by atoms with Crippen molar-refractivity contribution in [3.8, 4) is 5.75 Å². The minimum absolute atomic E-state index is 0.00279. The van der Waals surface area contributed by atoms with Gasteiger partial charge in [0.2, 0.25) is 0 Å². The molecule has 1 aromatic carbocycles. The predicted octanol–water partition coefficient (Wildman–Crippen LogP) is 3.89. The van der Waals surface area contributed by atoms with Crippen LogP contribution in [0.25, 0.3) is 11.0 Å². The molecule has 0 atom stereocenters. The van der Waals surface area contributed by atoms with Crippen LogP contribution in [0.1, 0.15) is 31.2 Å². The van der Waals surface area contributed by atoms with E-state index in [1.807, 2.05) is 0 Å². The van der Waals surface area contributed by atoms with Crippen LogP contribution >= 0.6 is 24.0 Å². The Hall–Kier alpha value is -1.53. The van der Waals surface area contributed by atoms with Crippen molar-refractivity contribution >= 4 is 39.3 Å². The molecule has 0 radical (unpaired) electrons. The third kappa shape index (κ3) is 3.70. The average Bonchev–Trinajstić information content (AvgIpc) is 2.84. The van der Waals surface area contributed by atoms with Crippen molar-refractivity contribution in [2.45, 2.75) is 31.4 Å². The minimum atomic E-state index is -0.493. The molecular formula is C17H19NO3S2. The number of benzene rings is 1. The molecule has 1 N–H and O–H groups in total. The molecule has 3 rings (SSSR count). The Kier molecular flexibility index (Phi) is 5.23. The Bertz CT molecular complexity index is 764. The second kappa shape index (κ2) is 7.36. The summed E-state index contributed by atoms with van der Waals surface area (Å²) in [5.41, 5.74) is 0.192. The lowest BCUT2D eigenvalue weighted by molar-refractivity contribution is 0.449. The van der Waals surface area contributed by atoms with Gasteiger partial charge in [-0.1, -0.05) is 49.0 Å². The second-order valence-electron chi connectivity index (χ2n) is 5.67. The largest absolute Gasteiger partial charge is 0.507 e. The maximum absolute atomic E-state index is 12.1. The van der Waals surface area contributed by atoms with Crippen LogP contribution in [0.5, 0.6) is 5.75 Å². The number of para-hydroxylation sites is 1. The van der Waals surface area contributed by atoms with Crippen molar-refractivity contribution in [3.63, 3.8) is 0 Å². The number of nitrogens with zero attached hydrogens (tertiary/aromatic N) is 1. The molecule has 0 unspecified atom stereocenters. The molecule has 1 aliphatic rings. The van der Waals surface area contributed by atoms with E-state index >= 15 is 0 Å². The molecule has 0 spiro atoms. The third-order valence-electron chi connectivity index (χ3n) is 4.08. The van der Waals surface area contributed by atoms with Crippen molar-refractivity contribution in [2.24, 2.45) is 0 Å². The van der Waals surface area contributed by atoms with Gasteiger partial charge in [-0.15, -0.1) is 0 Å². The van der Waals surface area contributed by atoms with Gasteiger partial charge in [-0.3, -0.25) is 0 Å². The number of hydrogen-bond donors (Lipinski definition) is 1. The summed E-state index contributed by atoms with van der Waals surface area (Å²) >= 11 is 6.91. The van der Waals surface area contributed by atoms with Gasteiger partial charge in [0.1, 0.15) is 15.7 Å². The smallest absolute Gasteiger partial charge is 0.344 e. The van der Waals surface area contributed by atoms with Crippen molar-refractivity contribution in [1.82, 2.24) is 4.90 Å². The van der Waals surface area contributed by atoms with Crippen LogP contribution in [0.3, 0.4) is 0 Å². The number of aromatic hydroxyl groups is 1. The predicted molar refractivity (Wildman–Crippen MR) is 98.1 cm³/mol. The molecule has 2 aromatic rings. The standard InChI is InChI=1S/C17H19NO3S2/c19-15-12-7-3-4-8-14(12)21-16(20)13(15)11-23-17(22)18-9-5-1-2-6-10-18/h3-4,7-8,19H,1-2,5-6,9-11H2. The third-order valence-corrected chi connectivity index (χ3v) is 5.63. The highest BCUT2D eigenvalue weighted by Gasteiger charge is 2.17. The monoisotopic (exact) mass is 349 g/mol. The number of thiocarbonyl (C=S) groups is 1. The van der Waals surface area contributed by atoms with Gasteiger partial charge in [0.15, 0.2) is 0 Å². The van der Waals surface area contributed by atoms with E-state index in [1.54, 1.807) is 24.3 Å². The number of rotatable bonds is 2. The Balaban J connectivity index is 1.76. The van der Waals surface area contributed by atoms with E-state index < -0.39 is 5.63 Å². The van der Waals surface area contributed by atoms with Crippen LogP contribution in [0.2, 0.25) is 0 Å². The Morgan fingerprint density at radius 3 is 2.65 bits per heavy atom. The SMILES string of the molecule is O=c1oc2ccccc2c(O)c1CSC(=S)N1CCCCCC1. The molecule has 0 amide bonds. The molecule has 0 saturated carbocycles. The topological polar surface area (TPSA) is 53.7 Å². The van der Waals surface area contributed by atoms with E-state index in [1.165, 1.54) is 24.6 Å². The first-order valence-electron chi connectivity index (χ1n) is 7.82. The lowest BCUT2D eigenvalue weighted by Crippen LogP contribution is -2.28. The molecule has 122 valence electrons. The van der Waals surface area contributed by atoms with Crippen molar-refractivity contribution in [2.75, 3.05) is 13.1 Å². The lowest BCUT2D eigenvalue weighted by Gasteiger charge is -2.22. The van der Waals surface area contributed by atoms with E-state index in [0.717, 1.165) is 30.3 Å². The zero-order chi connectivity index (χ0) is 16.2. The molecule has 4 nitrogen and oxygen atoms in total. The summed E-state index contributed by atoms with van der Waals surface area (Å²) in [5, 5.41) is 10.9. The van der Waals surface area contributed by atoms with Gasteiger partial charge in [-0.25, -0.2) is 4.79 Å². The fourth-order valence-electron chi connectivity index (χ4n) is 2.78. The van der Waals surface area contributed by atoms with Crippen LogP contribution in [-0.2, 0) is 5.75 Å². The maximum atomic E-state index is 12.1. The number of fused-ring (bicyclic) bond motifs is 1. The Labute approximate surface area is 144 Å². The zero-order valence-electron chi connectivity index (χ0n) is 12.8. The summed E-state index contributed by atoms with van der Waals surface area (Å²) < 4.78 is 6.08. The van der Waals surface area contributed by atoms with Crippen molar-refractivity contribution in [1.29, 1.82) is 0 Å². The Morgan fingerprint density at radius 2 is 1.91 bits per heavy atom. The molecule has 1 aliphatic heterocycles. The minimum Gasteiger partial charge on any atom is -0.507 e. The van der Waals surface area contributed by atoms with Crippen LogP contribution in [0.4, 0.5) is 0 Å². The van der Waals surface area contributed by atoms with E-state index in [0.29, 0.717) is 16.7 Å².